The fourth-order valence-electron chi connectivity index (χ4n) is 2.71. The SMILES string of the molecule is CC1(C)C(C=C(Cl)Cl)C1C(=O)OCCCc1cccnc1Cl. The number of halogens is 3. The third kappa shape index (κ3) is 4.15. The number of hydrogen-bond acceptors (Lipinski definition) is 3. The second-order valence-corrected chi connectivity index (χ2v) is 7.37. The van der Waals surface area contributed by atoms with E-state index in [1.54, 1.807) is 12.3 Å². The van der Waals surface area contributed by atoms with Gasteiger partial charge < -0.3 is 4.74 Å². The molecule has 0 N–H and O–H groups in total. The van der Waals surface area contributed by atoms with Gasteiger partial charge in [-0.1, -0.05) is 54.7 Å². The number of aryl methyl sites for hydroxylation is 1. The van der Waals surface area contributed by atoms with Gasteiger partial charge in [-0.15, -0.1) is 0 Å². The first-order chi connectivity index (χ1) is 10.3. The Morgan fingerprint density at radius 1 is 1.45 bits per heavy atom. The summed E-state index contributed by atoms with van der Waals surface area (Å²) < 4.78 is 5.55. The van der Waals surface area contributed by atoms with Crippen LogP contribution in [0.15, 0.2) is 28.9 Å². The standard InChI is InChI=1S/C16H18Cl3NO2/c1-16(2)11(9-12(17)18)13(16)15(21)22-8-4-6-10-5-3-7-20-14(10)19/h3,5,7,9,11,13H,4,6,8H2,1-2H3. The van der Waals surface area contributed by atoms with E-state index in [-0.39, 0.29) is 27.7 Å². The molecule has 0 amide bonds. The highest BCUT2D eigenvalue weighted by Gasteiger charge is 2.61. The van der Waals surface area contributed by atoms with Crippen molar-refractivity contribution in [3.8, 4) is 0 Å². The van der Waals surface area contributed by atoms with Crippen LogP contribution in [0.4, 0.5) is 0 Å². The largest absolute Gasteiger partial charge is 0.465 e. The topological polar surface area (TPSA) is 39.2 Å². The lowest BCUT2D eigenvalue weighted by Crippen LogP contribution is -2.12. The van der Waals surface area contributed by atoms with Crippen LogP contribution in [0.25, 0.3) is 0 Å². The smallest absolute Gasteiger partial charge is 0.310 e. The number of carbonyl (C=O) groups is 1. The number of aromatic nitrogens is 1. The summed E-state index contributed by atoms with van der Waals surface area (Å²) in [6.07, 6.45) is 4.80. The Labute approximate surface area is 145 Å². The van der Waals surface area contributed by atoms with Crippen molar-refractivity contribution in [2.45, 2.75) is 26.7 Å². The van der Waals surface area contributed by atoms with Gasteiger partial charge >= 0.3 is 5.97 Å². The molecule has 22 heavy (non-hydrogen) atoms. The van der Waals surface area contributed by atoms with E-state index >= 15 is 0 Å². The van der Waals surface area contributed by atoms with Crippen molar-refractivity contribution >= 4 is 40.8 Å². The van der Waals surface area contributed by atoms with E-state index in [9.17, 15) is 4.79 Å². The maximum Gasteiger partial charge on any atom is 0.310 e. The van der Waals surface area contributed by atoms with Crippen molar-refractivity contribution in [2.75, 3.05) is 6.61 Å². The number of hydrogen-bond donors (Lipinski definition) is 0. The summed E-state index contributed by atoms with van der Waals surface area (Å²) >= 11 is 17.3. The molecular formula is C16H18Cl3NO2. The minimum absolute atomic E-state index is 0.0396. The molecule has 120 valence electrons. The highest BCUT2D eigenvalue weighted by Crippen LogP contribution is 2.60. The van der Waals surface area contributed by atoms with E-state index < -0.39 is 0 Å². The normalized spacial score (nSPS) is 22.0. The molecule has 0 saturated heterocycles. The summed E-state index contributed by atoms with van der Waals surface area (Å²) in [4.78, 5) is 16.1. The molecule has 1 aromatic heterocycles. The second-order valence-electron chi connectivity index (χ2n) is 6.01. The molecule has 6 heteroatoms. The van der Waals surface area contributed by atoms with Crippen LogP contribution in [0.3, 0.4) is 0 Å². The quantitative estimate of drug-likeness (QED) is 0.414. The molecule has 0 spiro atoms. The summed E-state index contributed by atoms with van der Waals surface area (Å²) in [5.74, 6) is -0.335. The maximum absolute atomic E-state index is 12.1. The van der Waals surface area contributed by atoms with Crippen molar-refractivity contribution in [1.29, 1.82) is 0 Å². The first kappa shape index (κ1) is 17.6. The summed E-state index contributed by atoms with van der Waals surface area (Å²) in [7, 11) is 0. The Hall–Kier alpha value is -0.770. The van der Waals surface area contributed by atoms with Crippen molar-refractivity contribution in [2.24, 2.45) is 17.3 Å². The molecule has 0 radical (unpaired) electrons. The first-order valence-corrected chi connectivity index (χ1v) is 8.26. The lowest BCUT2D eigenvalue weighted by molar-refractivity contribution is -0.146. The molecule has 1 aliphatic carbocycles. The van der Waals surface area contributed by atoms with E-state index in [4.69, 9.17) is 39.5 Å². The Balaban J connectivity index is 1.77. The van der Waals surface area contributed by atoms with Crippen molar-refractivity contribution in [1.82, 2.24) is 4.98 Å². The molecule has 0 aromatic carbocycles. The third-order valence-electron chi connectivity index (χ3n) is 4.14. The summed E-state index contributed by atoms with van der Waals surface area (Å²) in [5.41, 5.74) is 0.806. The average Bonchev–Trinajstić information content (AvgIpc) is 2.96. The number of pyridine rings is 1. The summed E-state index contributed by atoms with van der Waals surface area (Å²) in [5, 5.41) is 0.499. The predicted octanol–water partition coefficient (Wildman–Crippen LogP) is 4.80. The average molecular weight is 363 g/mol. The van der Waals surface area contributed by atoms with Crippen LogP contribution in [0, 0.1) is 17.3 Å². The molecule has 0 aliphatic heterocycles. The molecule has 2 atom stereocenters. The summed E-state index contributed by atoms with van der Waals surface area (Å²) in [6.45, 7) is 4.38. The van der Waals surface area contributed by atoms with Gasteiger partial charge in [0, 0.05) is 6.20 Å². The zero-order chi connectivity index (χ0) is 16.3. The number of rotatable bonds is 6. The van der Waals surface area contributed by atoms with Crippen LogP contribution in [-0.2, 0) is 16.0 Å². The van der Waals surface area contributed by atoms with Crippen LogP contribution < -0.4 is 0 Å². The molecule has 1 aliphatic rings. The molecule has 3 nitrogen and oxygen atoms in total. The highest BCUT2D eigenvalue weighted by molar-refractivity contribution is 6.55. The van der Waals surface area contributed by atoms with Gasteiger partial charge in [0.05, 0.1) is 12.5 Å². The van der Waals surface area contributed by atoms with Gasteiger partial charge in [-0.25, -0.2) is 4.98 Å². The van der Waals surface area contributed by atoms with Gasteiger partial charge in [0.25, 0.3) is 0 Å². The van der Waals surface area contributed by atoms with E-state index in [1.165, 1.54) is 0 Å². The summed E-state index contributed by atoms with van der Waals surface area (Å²) in [6, 6.07) is 3.76. The molecule has 1 fully saturated rings. The second kappa shape index (κ2) is 7.20. The molecule has 2 rings (SSSR count). The Bertz CT molecular complexity index is 583. The van der Waals surface area contributed by atoms with Gasteiger partial charge in [-0.2, -0.15) is 0 Å². The predicted molar refractivity (Wildman–Crippen MR) is 89.1 cm³/mol. The Morgan fingerprint density at radius 2 is 2.18 bits per heavy atom. The van der Waals surface area contributed by atoms with Crippen molar-refractivity contribution in [3.05, 3.63) is 39.6 Å². The number of allylic oxidation sites excluding steroid dienone is 1. The van der Waals surface area contributed by atoms with Crippen LogP contribution in [0.5, 0.6) is 0 Å². The van der Waals surface area contributed by atoms with Gasteiger partial charge in [-0.05, 0) is 41.9 Å². The lowest BCUT2D eigenvalue weighted by atomic mass is 10.1. The number of ether oxygens (including phenoxy) is 1. The van der Waals surface area contributed by atoms with E-state index in [2.05, 4.69) is 4.98 Å². The molecule has 1 saturated carbocycles. The fourth-order valence-corrected chi connectivity index (χ4v) is 3.19. The monoisotopic (exact) mass is 361 g/mol. The minimum atomic E-state index is -0.196. The number of carbonyl (C=O) groups excluding carboxylic acids is 1. The minimum Gasteiger partial charge on any atom is -0.465 e. The van der Waals surface area contributed by atoms with Crippen LogP contribution in [0.2, 0.25) is 5.15 Å². The Morgan fingerprint density at radius 3 is 2.82 bits per heavy atom. The number of nitrogens with zero attached hydrogens (tertiary/aromatic N) is 1. The first-order valence-electron chi connectivity index (χ1n) is 7.13. The molecule has 0 bridgehead atoms. The van der Waals surface area contributed by atoms with Crippen LogP contribution in [-0.4, -0.2) is 17.6 Å². The van der Waals surface area contributed by atoms with E-state index in [0.717, 1.165) is 12.0 Å². The third-order valence-corrected chi connectivity index (χ3v) is 4.73. The maximum atomic E-state index is 12.1. The number of esters is 1. The van der Waals surface area contributed by atoms with Gasteiger partial charge in [0.1, 0.15) is 9.64 Å². The van der Waals surface area contributed by atoms with Gasteiger partial charge in [0.15, 0.2) is 0 Å². The zero-order valence-corrected chi connectivity index (χ0v) is 14.8. The molecule has 1 heterocycles. The highest BCUT2D eigenvalue weighted by atomic mass is 35.5. The van der Waals surface area contributed by atoms with Crippen LogP contribution in [0.1, 0.15) is 25.8 Å². The Kier molecular flexibility index (Phi) is 5.76. The fraction of sp³-hybridized carbons (Fsp3) is 0.500. The lowest BCUT2D eigenvalue weighted by Gasteiger charge is -2.06. The zero-order valence-electron chi connectivity index (χ0n) is 12.5. The van der Waals surface area contributed by atoms with E-state index in [1.807, 2.05) is 26.0 Å². The van der Waals surface area contributed by atoms with E-state index in [0.29, 0.717) is 18.2 Å². The molecular weight excluding hydrogens is 345 g/mol. The van der Waals surface area contributed by atoms with Gasteiger partial charge in [0.2, 0.25) is 0 Å². The van der Waals surface area contributed by atoms with Crippen molar-refractivity contribution < 1.29 is 9.53 Å². The van der Waals surface area contributed by atoms with Crippen LogP contribution >= 0.6 is 34.8 Å². The molecule has 2 unspecified atom stereocenters. The van der Waals surface area contributed by atoms with Gasteiger partial charge in [-0.3, -0.25) is 4.79 Å². The molecule has 1 aromatic rings. The van der Waals surface area contributed by atoms with Crippen molar-refractivity contribution in [3.63, 3.8) is 0 Å².